The van der Waals surface area contributed by atoms with Gasteiger partial charge in [0, 0.05) is 32.0 Å². The molecule has 8 atom stereocenters. The molecule has 5 heteroatoms. The largest absolute Gasteiger partial charge is 0.462 e. The van der Waals surface area contributed by atoms with E-state index >= 15 is 0 Å². The Labute approximate surface area is 206 Å². The van der Waals surface area contributed by atoms with Crippen LogP contribution in [0, 0.1) is 40.4 Å². The van der Waals surface area contributed by atoms with Crippen LogP contribution in [0.1, 0.15) is 79.1 Å². The fraction of sp³-hybridized carbons (Fsp3) is 0.862. The van der Waals surface area contributed by atoms with Crippen molar-refractivity contribution in [2.45, 2.75) is 85.2 Å². The number of rotatable bonds is 5. The molecule has 8 unspecified atom stereocenters. The van der Waals surface area contributed by atoms with Gasteiger partial charge in [-0.05, 0) is 80.0 Å². The van der Waals surface area contributed by atoms with E-state index in [-0.39, 0.29) is 28.8 Å². The molecule has 1 heterocycles. The average Bonchev–Trinajstić information content (AvgIpc) is 3.08. The van der Waals surface area contributed by atoms with Crippen LogP contribution in [0.3, 0.4) is 0 Å². The fourth-order valence-electron chi connectivity index (χ4n) is 9.28. The predicted octanol–water partition coefficient (Wildman–Crippen LogP) is 5.03. The van der Waals surface area contributed by atoms with Gasteiger partial charge in [0.25, 0.3) is 0 Å². The lowest BCUT2D eigenvalue weighted by molar-refractivity contribution is -0.152. The van der Waals surface area contributed by atoms with Gasteiger partial charge in [-0.15, -0.1) is 0 Å². The summed E-state index contributed by atoms with van der Waals surface area (Å²) in [5.41, 5.74) is 1.96. The molecular formula is C29H45NO4. The molecule has 0 aromatic carbocycles. The van der Waals surface area contributed by atoms with E-state index in [0.29, 0.717) is 35.9 Å². The molecule has 5 nitrogen and oxygen atoms in total. The van der Waals surface area contributed by atoms with E-state index in [9.17, 15) is 9.59 Å². The van der Waals surface area contributed by atoms with Crippen molar-refractivity contribution in [2.24, 2.45) is 40.4 Å². The minimum atomic E-state index is -0.0435. The first-order chi connectivity index (χ1) is 16.2. The molecule has 4 aliphatic carbocycles. The molecule has 0 radical (unpaired) electrons. The molecule has 0 bridgehead atoms. The molecule has 0 aromatic heterocycles. The molecule has 0 aromatic rings. The minimum absolute atomic E-state index is 0.0375. The van der Waals surface area contributed by atoms with Crippen LogP contribution in [0.2, 0.25) is 0 Å². The summed E-state index contributed by atoms with van der Waals surface area (Å²) in [4.78, 5) is 27.4. The van der Waals surface area contributed by atoms with Gasteiger partial charge >= 0.3 is 5.97 Å². The van der Waals surface area contributed by atoms with Gasteiger partial charge in [-0.25, -0.2) is 0 Å². The number of allylic oxidation sites excluding steroid dienone is 1. The summed E-state index contributed by atoms with van der Waals surface area (Å²) in [7, 11) is 0. The smallest absolute Gasteiger partial charge is 0.307 e. The summed E-state index contributed by atoms with van der Waals surface area (Å²) < 4.78 is 11.4. The summed E-state index contributed by atoms with van der Waals surface area (Å²) in [6.07, 6.45) is 10.8. The Morgan fingerprint density at radius 2 is 1.91 bits per heavy atom. The van der Waals surface area contributed by atoms with Crippen molar-refractivity contribution in [2.75, 3.05) is 32.8 Å². The Morgan fingerprint density at radius 3 is 2.65 bits per heavy atom. The van der Waals surface area contributed by atoms with Gasteiger partial charge in [0.15, 0.2) is 0 Å². The topological polar surface area (TPSA) is 55.8 Å². The second kappa shape index (κ2) is 9.35. The molecule has 0 amide bonds. The Bertz CT molecular complexity index is 832. The van der Waals surface area contributed by atoms with Crippen molar-refractivity contribution in [3.63, 3.8) is 0 Å². The maximum Gasteiger partial charge on any atom is 0.307 e. The second-order valence-corrected chi connectivity index (χ2v) is 12.7. The van der Waals surface area contributed by atoms with Crippen LogP contribution in [0.5, 0.6) is 0 Å². The zero-order chi connectivity index (χ0) is 24.1. The highest BCUT2D eigenvalue weighted by atomic mass is 16.5. The number of ketones is 1. The molecule has 1 saturated heterocycles. The van der Waals surface area contributed by atoms with Gasteiger partial charge in [0.2, 0.25) is 0 Å². The lowest BCUT2D eigenvalue weighted by Gasteiger charge is -2.58. The number of ether oxygens (including phenoxy) is 2. The molecule has 4 fully saturated rings. The lowest BCUT2D eigenvalue weighted by atomic mass is 9.47. The Balaban J connectivity index is 1.22. The Hall–Kier alpha value is -1.20. The van der Waals surface area contributed by atoms with E-state index in [1.807, 2.05) is 6.92 Å². The first-order valence-corrected chi connectivity index (χ1v) is 13.9. The number of hydrogen-bond acceptors (Lipinski definition) is 5. The number of esters is 1. The predicted molar refractivity (Wildman–Crippen MR) is 132 cm³/mol. The van der Waals surface area contributed by atoms with Crippen LogP contribution in [-0.2, 0) is 19.1 Å². The van der Waals surface area contributed by atoms with Crippen LogP contribution in [-0.4, -0.2) is 55.6 Å². The lowest BCUT2D eigenvalue weighted by Crippen LogP contribution is -2.51. The first kappa shape index (κ1) is 24.5. The monoisotopic (exact) mass is 471 g/mol. The zero-order valence-corrected chi connectivity index (χ0v) is 21.8. The zero-order valence-electron chi connectivity index (χ0n) is 21.8. The number of nitrogens with zero attached hydrogens (tertiary/aromatic N) is 1. The summed E-state index contributed by atoms with van der Waals surface area (Å²) in [5.74, 6) is 3.19. The second-order valence-electron chi connectivity index (χ2n) is 12.7. The van der Waals surface area contributed by atoms with E-state index in [1.165, 1.54) is 19.3 Å². The number of hydrogen-bond donors (Lipinski definition) is 0. The number of Topliss-reactive ketones (excluding diaryl/α,β-unsaturated/α-hetero) is 1. The van der Waals surface area contributed by atoms with Crippen molar-refractivity contribution >= 4 is 11.8 Å². The molecule has 0 spiro atoms. The summed E-state index contributed by atoms with van der Waals surface area (Å²) in [5, 5.41) is 0. The van der Waals surface area contributed by atoms with Crippen LogP contribution < -0.4 is 0 Å². The van der Waals surface area contributed by atoms with Gasteiger partial charge in [-0.1, -0.05) is 32.4 Å². The molecule has 1 aliphatic heterocycles. The van der Waals surface area contributed by atoms with Crippen molar-refractivity contribution in [1.82, 2.24) is 4.90 Å². The number of carbonyl (C=O) groups excluding carboxylic acids is 2. The van der Waals surface area contributed by atoms with Crippen LogP contribution in [0.25, 0.3) is 0 Å². The number of morpholine rings is 1. The minimum Gasteiger partial charge on any atom is -0.462 e. The van der Waals surface area contributed by atoms with Crippen LogP contribution in [0.4, 0.5) is 0 Å². The van der Waals surface area contributed by atoms with Gasteiger partial charge in [0.1, 0.15) is 11.9 Å². The Morgan fingerprint density at radius 1 is 1.15 bits per heavy atom. The third-order valence-electron chi connectivity index (χ3n) is 10.9. The summed E-state index contributed by atoms with van der Waals surface area (Å²) in [6.45, 7) is 13.2. The normalized spacial score (nSPS) is 44.4. The molecule has 5 rings (SSSR count). The summed E-state index contributed by atoms with van der Waals surface area (Å²) in [6, 6.07) is 0. The number of carbonyl (C=O) groups is 2. The van der Waals surface area contributed by atoms with Gasteiger partial charge < -0.3 is 9.47 Å². The van der Waals surface area contributed by atoms with Crippen molar-refractivity contribution in [3.05, 3.63) is 11.6 Å². The van der Waals surface area contributed by atoms with E-state index in [0.717, 1.165) is 58.5 Å². The highest BCUT2D eigenvalue weighted by molar-refractivity contribution is 5.80. The molecule has 0 N–H and O–H groups in total. The van der Waals surface area contributed by atoms with E-state index in [4.69, 9.17) is 9.47 Å². The third kappa shape index (κ3) is 4.19. The van der Waals surface area contributed by atoms with E-state index in [2.05, 4.69) is 31.7 Å². The third-order valence-corrected chi connectivity index (χ3v) is 10.9. The highest BCUT2D eigenvalue weighted by Gasteiger charge is 2.61. The van der Waals surface area contributed by atoms with Crippen molar-refractivity contribution < 1.29 is 19.1 Å². The molecule has 34 heavy (non-hydrogen) atoms. The number of fused-ring (bicyclic) bond motifs is 5. The van der Waals surface area contributed by atoms with Crippen molar-refractivity contribution in [3.8, 4) is 0 Å². The molecule has 3 saturated carbocycles. The molecule has 190 valence electrons. The fourth-order valence-corrected chi connectivity index (χ4v) is 9.28. The molecule has 5 aliphatic rings. The van der Waals surface area contributed by atoms with Crippen LogP contribution in [0.15, 0.2) is 11.6 Å². The van der Waals surface area contributed by atoms with Crippen molar-refractivity contribution in [1.29, 1.82) is 0 Å². The Kier molecular flexibility index (Phi) is 6.74. The van der Waals surface area contributed by atoms with Gasteiger partial charge in [-0.3, -0.25) is 14.5 Å². The molecular weight excluding hydrogens is 426 g/mol. The van der Waals surface area contributed by atoms with E-state index in [1.54, 1.807) is 5.57 Å². The maximum absolute atomic E-state index is 12.6. The van der Waals surface area contributed by atoms with Crippen LogP contribution >= 0.6 is 0 Å². The van der Waals surface area contributed by atoms with Gasteiger partial charge in [-0.2, -0.15) is 0 Å². The standard InChI is InChI=1S/C29H45NO4/c1-19-17-25-23-6-5-21-18-22(34-26(32)9-12-30-13-15-33-16-14-30)7-10-28(21,3)24(23)8-11-29(25,4)27(19)20(2)31/h5,19,22-25,27H,6-18H2,1-4H3. The quantitative estimate of drug-likeness (QED) is 0.416. The average molecular weight is 472 g/mol. The summed E-state index contributed by atoms with van der Waals surface area (Å²) >= 11 is 0. The maximum atomic E-state index is 12.6. The van der Waals surface area contributed by atoms with Gasteiger partial charge in [0.05, 0.1) is 19.6 Å². The first-order valence-electron chi connectivity index (χ1n) is 13.9. The highest BCUT2D eigenvalue weighted by Crippen LogP contribution is 2.67. The SMILES string of the molecule is CC(=O)C1C(C)CC2C3CC=C4CC(OC(=O)CCN5CCOCC5)CCC4(C)C3CCC21C. The van der Waals surface area contributed by atoms with E-state index < -0.39 is 0 Å².